The van der Waals surface area contributed by atoms with Crippen LogP contribution in [0.25, 0.3) is 0 Å². The van der Waals surface area contributed by atoms with Crippen LogP contribution in [0.4, 0.5) is 0 Å². The van der Waals surface area contributed by atoms with Crippen molar-refractivity contribution in [1.29, 1.82) is 0 Å². The Kier molecular flexibility index (Phi) is 5.73. The van der Waals surface area contributed by atoms with Crippen LogP contribution in [0.3, 0.4) is 0 Å². The van der Waals surface area contributed by atoms with E-state index in [0.29, 0.717) is 5.41 Å². The fourth-order valence-corrected chi connectivity index (χ4v) is 6.09. The van der Waals surface area contributed by atoms with E-state index in [9.17, 15) is 0 Å². The van der Waals surface area contributed by atoms with Gasteiger partial charge < -0.3 is 5.73 Å². The van der Waals surface area contributed by atoms with Gasteiger partial charge in [0.15, 0.2) is 0 Å². The number of aryl methyl sites for hydroxylation is 1. The normalized spacial score (nSPS) is 19.1. The molecule has 0 spiro atoms. The first-order chi connectivity index (χ1) is 8.65. The molecule has 102 valence electrons. The smallest absolute Gasteiger partial charge is 0.0742 e. The van der Waals surface area contributed by atoms with Gasteiger partial charge in [0, 0.05) is 0 Å². The van der Waals surface area contributed by atoms with Crippen LogP contribution in [-0.2, 0) is 6.42 Å². The van der Waals surface area contributed by atoms with Crippen molar-refractivity contribution in [2.75, 3.05) is 6.54 Å². The van der Waals surface area contributed by atoms with E-state index < -0.39 is 0 Å². The monoisotopic (exact) mass is 393 g/mol. The summed E-state index contributed by atoms with van der Waals surface area (Å²) in [4.78, 5) is 0. The minimum absolute atomic E-state index is 0.529. The Hall–Kier alpha value is 0.620. The highest BCUT2D eigenvalue weighted by molar-refractivity contribution is 9.12. The molecule has 1 fully saturated rings. The molecule has 2 rings (SSSR count). The zero-order chi connectivity index (χ0) is 13.0. The lowest BCUT2D eigenvalue weighted by Crippen LogP contribution is -2.27. The minimum atomic E-state index is 0.529. The molecule has 2 N–H and O–H groups in total. The summed E-state index contributed by atoms with van der Waals surface area (Å²) >= 11 is 9.00. The maximum Gasteiger partial charge on any atom is 0.0742 e. The zero-order valence-corrected chi connectivity index (χ0v) is 14.7. The van der Waals surface area contributed by atoms with Crippen LogP contribution in [0.1, 0.15) is 50.5 Å². The van der Waals surface area contributed by atoms with E-state index in [2.05, 4.69) is 37.9 Å². The third-order valence-corrected chi connectivity index (χ3v) is 6.70. The molecule has 0 bridgehead atoms. The Morgan fingerprint density at radius 1 is 1.17 bits per heavy atom. The summed E-state index contributed by atoms with van der Waals surface area (Å²) in [6.07, 6.45) is 10.7. The van der Waals surface area contributed by atoms with Crippen LogP contribution in [-0.4, -0.2) is 6.54 Å². The van der Waals surface area contributed by atoms with E-state index >= 15 is 0 Å². The van der Waals surface area contributed by atoms with Crippen molar-refractivity contribution in [3.05, 3.63) is 19.2 Å². The van der Waals surface area contributed by atoms with Crippen molar-refractivity contribution >= 4 is 43.2 Å². The average molecular weight is 395 g/mol. The van der Waals surface area contributed by atoms with Crippen LogP contribution in [0.2, 0.25) is 0 Å². The topological polar surface area (TPSA) is 26.0 Å². The standard InChI is InChI=1S/C14H21Br2NS/c15-12-10-11(13(16)18-12)4-7-14(8-9-17)5-2-1-3-6-14/h10H,1-9,17H2. The second-order valence-corrected chi connectivity index (χ2v) is 9.20. The van der Waals surface area contributed by atoms with Gasteiger partial charge in [-0.1, -0.05) is 19.3 Å². The highest BCUT2D eigenvalue weighted by atomic mass is 79.9. The molecule has 0 atom stereocenters. The lowest BCUT2D eigenvalue weighted by molar-refractivity contribution is 0.161. The summed E-state index contributed by atoms with van der Waals surface area (Å²) in [5.41, 5.74) is 7.81. The molecule has 1 saturated carbocycles. The fraction of sp³-hybridized carbons (Fsp3) is 0.714. The van der Waals surface area contributed by atoms with Crippen LogP contribution in [0.5, 0.6) is 0 Å². The van der Waals surface area contributed by atoms with E-state index in [-0.39, 0.29) is 0 Å². The van der Waals surface area contributed by atoms with Gasteiger partial charge >= 0.3 is 0 Å². The predicted octanol–water partition coefficient (Wildman–Crippen LogP) is 5.51. The molecule has 1 aliphatic carbocycles. The van der Waals surface area contributed by atoms with Crippen molar-refractivity contribution in [1.82, 2.24) is 0 Å². The average Bonchev–Trinajstić information content (AvgIpc) is 2.67. The lowest BCUT2D eigenvalue weighted by Gasteiger charge is -2.37. The van der Waals surface area contributed by atoms with Crippen LogP contribution in [0.15, 0.2) is 13.6 Å². The molecule has 1 aliphatic rings. The van der Waals surface area contributed by atoms with E-state index in [1.807, 2.05) is 0 Å². The minimum Gasteiger partial charge on any atom is -0.330 e. The highest BCUT2D eigenvalue weighted by Crippen LogP contribution is 2.44. The van der Waals surface area contributed by atoms with Crippen molar-refractivity contribution in [2.45, 2.75) is 51.4 Å². The predicted molar refractivity (Wildman–Crippen MR) is 87.2 cm³/mol. The summed E-state index contributed by atoms with van der Waals surface area (Å²) in [6, 6.07) is 2.26. The maximum absolute atomic E-state index is 5.83. The van der Waals surface area contributed by atoms with Gasteiger partial charge in [-0.25, -0.2) is 0 Å². The molecule has 18 heavy (non-hydrogen) atoms. The number of hydrogen-bond acceptors (Lipinski definition) is 2. The van der Waals surface area contributed by atoms with Crippen molar-refractivity contribution in [3.8, 4) is 0 Å². The quantitative estimate of drug-likeness (QED) is 0.700. The second kappa shape index (κ2) is 6.87. The first kappa shape index (κ1) is 15.0. The molecular formula is C14H21Br2NS. The Labute approximate surface area is 131 Å². The Bertz CT molecular complexity index is 378. The zero-order valence-electron chi connectivity index (χ0n) is 10.7. The summed E-state index contributed by atoms with van der Waals surface area (Å²) < 4.78 is 2.51. The van der Waals surface area contributed by atoms with Gasteiger partial charge in [-0.2, -0.15) is 0 Å². The molecule has 0 radical (unpaired) electrons. The van der Waals surface area contributed by atoms with E-state index in [4.69, 9.17) is 5.73 Å². The fourth-order valence-electron chi connectivity index (χ4n) is 3.18. The van der Waals surface area contributed by atoms with Gasteiger partial charge in [-0.05, 0) is 87.6 Å². The molecule has 0 amide bonds. The number of hydrogen-bond donors (Lipinski definition) is 1. The number of rotatable bonds is 5. The maximum atomic E-state index is 5.83. The molecule has 1 heterocycles. The Morgan fingerprint density at radius 2 is 1.89 bits per heavy atom. The van der Waals surface area contributed by atoms with Crippen molar-refractivity contribution in [3.63, 3.8) is 0 Å². The summed E-state index contributed by atoms with van der Waals surface area (Å²) in [6.45, 7) is 0.842. The molecule has 0 aromatic carbocycles. The van der Waals surface area contributed by atoms with Gasteiger partial charge in [0.25, 0.3) is 0 Å². The SMILES string of the molecule is NCCC1(CCc2cc(Br)sc2Br)CCCCC1. The Morgan fingerprint density at radius 3 is 2.44 bits per heavy atom. The van der Waals surface area contributed by atoms with Gasteiger partial charge in [0.2, 0.25) is 0 Å². The summed E-state index contributed by atoms with van der Waals surface area (Å²) in [5, 5.41) is 0. The lowest BCUT2D eigenvalue weighted by atomic mass is 9.69. The van der Waals surface area contributed by atoms with Gasteiger partial charge in [-0.15, -0.1) is 11.3 Å². The van der Waals surface area contributed by atoms with Crippen molar-refractivity contribution < 1.29 is 0 Å². The second-order valence-electron chi connectivity index (χ2n) is 5.45. The first-order valence-corrected chi connectivity index (χ1v) is 9.19. The molecule has 0 aliphatic heterocycles. The Balaban J connectivity index is 1.99. The third-order valence-electron chi connectivity index (χ3n) is 4.24. The number of halogens is 2. The molecule has 1 aromatic rings. The van der Waals surface area contributed by atoms with Crippen LogP contribution in [0, 0.1) is 5.41 Å². The van der Waals surface area contributed by atoms with Gasteiger partial charge in [0.1, 0.15) is 0 Å². The first-order valence-electron chi connectivity index (χ1n) is 6.79. The largest absolute Gasteiger partial charge is 0.330 e. The van der Waals surface area contributed by atoms with Gasteiger partial charge in [0.05, 0.1) is 7.57 Å². The van der Waals surface area contributed by atoms with E-state index in [0.717, 1.165) is 6.54 Å². The van der Waals surface area contributed by atoms with Gasteiger partial charge in [-0.3, -0.25) is 0 Å². The van der Waals surface area contributed by atoms with Crippen molar-refractivity contribution in [2.24, 2.45) is 11.1 Å². The third kappa shape index (κ3) is 3.81. The molecule has 1 aromatic heterocycles. The molecule has 0 unspecified atom stereocenters. The number of thiophene rings is 1. The summed E-state index contributed by atoms with van der Waals surface area (Å²) in [7, 11) is 0. The van der Waals surface area contributed by atoms with E-state index in [1.165, 1.54) is 64.5 Å². The molecular weight excluding hydrogens is 374 g/mol. The molecule has 1 nitrogen and oxygen atoms in total. The summed E-state index contributed by atoms with van der Waals surface area (Å²) in [5.74, 6) is 0. The molecule has 4 heteroatoms. The van der Waals surface area contributed by atoms with Crippen LogP contribution >= 0.6 is 43.2 Å². The highest BCUT2D eigenvalue weighted by Gasteiger charge is 2.30. The molecule has 0 saturated heterocycles. The van der Waals surface area contributed by atoms with E-state index in [1.54, 1.807) is 11.3 Å². The number of nitrogens with two attached hydrogens (primary N) is 1. The van der Waals surface area contributed by atoms with Crippen LogP contribution < -0.4 is 5.73 Å².